The molecule has 4 N–H and O–H groups in total. The molecule has 0 aliphatic carbocycles. The third-order valence-electron chi connectivity index (χ3n) is 4.80. The highest BCUT2D eigenvalue weighted by atomic mass is 35.5. The normalized spacial score (nSPS) is 10.4. The van der Waals surface area contributed by atoms with E-state index in [-0.39, 0.29) is 10.7 Å². The molecule has 1 aromatic carbocycles. The Morgan fingerprint density at radius 2 is 1.72 bits per heavy atom. The zero-order valence-electron chi connectivity index (χ0n) is 18.6. The van der Waals surface area contributed by atoms with Crippen LogP contribution >= 0.6 is 11.6 Å². The van der Waals surface area contributed by atoms with Gasteiger partial charge in [-0.05, 0) is 31.2 Å². The van der Waals surface area contributed by atoms with Crippen LogP contribution in [0.4, 0.5) is 20.2 Å². The van der Waals surface area contributed by atoms with Gasteiger partial charge in [0.25, 0.3) is 5.56 Å². The van der Waals surface area contributed by atoms with E-state index in [1.54, 1.807) is 0 Å². The van der Waals surface area contributed by atoms with Crippen LogP contribution in [0.2, 0.25) is 5.02 Å². The van der Waals surface area contributed by atoms with Gasteiger partial charge in [0.1, 0.15) is 11.4 Å². The van der Waals surface area contributed by atoms with Gasteiger partial charge in [0, 0.05) is 18.3 Å². The molecule has 0 spiro atoms. The first kappa shape index (κ1) is 27.6. The molecule has 0 unspecified atom stereocenters. The molecule has 2 rings (SSSR count). The Hall–Kier alpha value is -2.45. The summed E-state index contributed by atoms with van der Waals surface area (Å²) in [5.41, 5.74) is 3.06. The van der Waals surface area contributed by atoms with Crippen molar-refractivity contribution in [2.24, 2.45) is 12.8 Å². The number of halogens is 3. The highest BCUT2D eigenvalue weighted by molar-refractivity contribution is 6.30. The van der Waals surface area contributed by atoms with Gasteiger partial charge in [-0.2, -0.15) is 4.39 Å². The smallest absolute Gasteiger partial charge is 0.339 e. The lowest BCUT2D eigenvalue weighted by Crippen LogP contribution is -2.24. The lowest BCUT2D eigenvalue weighted by molar-refractivity contribution is 0.0696. The van der Waals surface area contributed by atoms with E-state index in [1.807, 2.05) is 0 Å². The summed E-state index contributed by atoms with van der Waals surface area (Å²) >= 11 is 5.59. The highest BCUT2D eigenvalue weighted by Crippen LogP contribution is 2.26. The van der Waals surface area contributed by atoms with E-state index in [2.05, 4.69) is 12.2 Å². The van der Waals surface area contributed by atoms with Gasteiger partial charge < -0.3 is 20.7 Å². The zero-order valence-corrected chi connectivity index (χ0v) is 19.4. The number of anilines is 2. The van der Waals surface area contributed by atoms with Crippen molar-refractivity contribution in [3.05, 3.63) is 57.0 Å². The Kier molecular flexibility index (Phi) is 12.6. The quantitative estimate of drug-likeness (QED) is 0.357. The number of rotatable bonds is 11. The van der Waals surface area contributed by atoms with Crippen LogP contribution in [0.5, 0.6) is 0 Å². The van der Waals surface area contributed by atoms with E-state index >= 15 is 0 Å². The molecule has 178 valence electrons. The maximum atomic E-state index is 14.0. The number of pyridine rings is 1. The molecule has 0 aliphatic heterocycles. The summed E-state index contributed by atoms with van der Waals surface area (Å²) < 4.78 is 28.4. The van der Waals surface area contributed by atoms with Crippen molar-refractivity contribution >= 4 is 28.9 Å². The third kappa shape index (κ3) is 8.96. The molecule has 0 aliphatic rings. The molecule has 2 aromatic rings. The van der Waals surface area contributed by atoms with Crippen LogP contribution in [0.1, 0.15) is 68.6 Å². The van der Waals surface area contributed by atoms with Crippen molar-refractivity contribution in [2.45, 2.75) is 58.3 Å². The van der Waals surface area contributed by atoms with Crippen LogP contribution < -0.4 is 16.6 Å². The number of carboxylic acids is 1. The Balaban J connectivity index is 0.000000396. The van der Waals surface area contributed by atoms with Crippen molar-refractivity contribution in [2.75, 3.05) is 11.9 Å². The van der Waals surface area contributed by atoms with Crippen LogP contribution in [0, 0.1) is 11.6 Å². The predicted molar refractivity (Wildman–Crippen MR) is 125 cm³/mol. The molecule has 0 bridgehead atoms. The van der Waals surface area contributed by atoms with Gasteiger partial charge in [0.2, 0.25) is 5.82 Å². The molecule has 1 heterocycles. The molecule has 9 heteroatoms. The topological polar surface area (TPSA) is 97.3 Å². The first-order valence-electron chi connectivity index (χ1n) is 10.8. The summed E-state index contributed by atoms with van der Waals surface area (Å²) in [5.74, 6) is -3.58. The Labute approximate surface area is 192 Å². The highest BCUT2D eigenvalue weighted by Gasteiger charge is 2.20. The molecular weight excluding hydrogens is 440 g/mol. The van der Waals surface area contributed by atoms with E-state index in [9.17, 15) is 18.4 Å². The van der Waals surface area contributed by atoms with Gasteiger partial charge in [-0.15, -0.1) is 0 Å². The number of nitrogens with two attached hydrogens (primary N) is 1. The number of aromatic nitrogens is 1. The van der Waals surface area contributed by atoms with E-state index in [0.717, 1.165) is 23.4 Å². The summed E-state index contributed by atoms with van der Waals surface area (Å²) in [4.78, 5) is 22.7. The second kappa shape index (κ2) is 14.6. The number of aryl methyl sites for hydroxylation is 1. The molecule has 0 atom stereocenters. The number of aromatic carboxylic acids is 1. The molecule has 0 fully saturated rings. The average molecular weight is 472 g/mol. The fourth-order valence-corrected chi connectivity index (χ4v) is 3.14. The Morgan fingerprint density at radius 3 is 2.25 bits per heavy atom. The fraction of sp³-hybridized carbons (Fsp3) is 0.478. The van der Waals surface area contributed by atoms with Gasteiger partial charge >= 0.3 is 5.97 Å². The summed E-state index contributed by atoms with van der Waals surface area (Å²) in [7, 11) is 1.21. The van der Waals surface area contributed by atoms with Crippen LogP contribution in [0.3, 0.4) is 0 Å². The van der Waals surface area contributed by atoms with Gasteiger partial charge in [0.15, 0.2) is 0 Å². The van der Waals surface area contributed by atoms with Crippen molar-refractivity contribution in [3.8, 4) is 0 Å². The molecule has 0 saturated heterocycles. The monoisotopic (exact) mass is 471 g/mol. The fourth-order valence-electron chi connectivity index (χ4n) is 2.98. The van der Waals surface area contributed by atoms with Crippen molar-refractivity contribution in [1.29, 1.82) is 0 Å². The first-order valence-corrected chi connectivity index (χ1v) is 11.1. The molecule has 1 aromatic heterocycles. The van der Waals surface area contributed by atoms with Gasteiger partial charge in [-0.25, -0.2) is 9.18 Å². The first-order chi connectivity index (χ1) is 15.2. The minimum Gasteiger partial charge on any atom is -0.478 e. The minimum atomic E-state index is -1.46. The largest absolute Gasteiger partial charge is 0.478 e. The third-order valence-corrected chi connectivity index (χ3v) is 5.03. The molecule has 0 amide bonds. The number of hydrogen-bond donors (Lipinski definition) is 3. The summed E-state index contributed by atoms with van der Waals surface area (Å²) in [6, 6.07) is 3.52. The number of nitrogens with zero attached hydrogens (tertiary/aromatic N) is 1. The van der Waals surface area contributed by atoms with Crippen LogP contribution in [-0.2, 0) is 7.05 Å². The van der Waals surface area contributed by atoms with Gasteiger partial charge in [-0.1, -0.05) is 63.5 Å². The SMILES string of the molecule is CCCCCCCCCCN.Cn1cc(C(=O)O)c(Nc2ccc(Cl)cc2F)c(F)c1=O. The van der Waals surface area contributed by atoms with E-state index < -0.39 is 34.4 Å². The Morgan fingerprint density at radius 1 is 1.12 bits per heavy atom. The second-order valence-corrected chi connectivity index (χ2v) is 7.90. The lowest BCUT2D eigenvalue weighted by atomic mass is 10.1. The van der Waals surface area contributed by atoms with Crippen molar-refractivity contribution < 1.29 is 18.7 Å². The van der Waals surface area contributed by atoms with Gasteiger partial charge in [-0.3, -0.25) is 4.79 Å². The van der Waals surface area contributed by atoms with Crippen LogP contribution in [0.15, 0.2) is 29.2 Å². The molecule has 32 heavy (non-hydrogen) atoms. The number of benzene rings is 1. The summed E-state index contributed by atoms with van der Waals surface area (Å²) in [5, 5.41) is 11.5. The van der Waals surface area contributed by atoms with E-state index in [0.29, 0.717) is 0 Å². The van der Waals surface area contributed by atoms with E-state index in [4.69, 9.17) is 22.4 Å². The van der Waals surface area contributed by atoms with Crippen LogP contribution in [-0.4, -0.2) is 22.2 Å². The number of unbranched alkanes of at least 4 members (excludes halogenated alkanes) is 7. The standard InChI is InChI=1S/C13H9ClF2N2O3.C10H23N/c1-18-5-7(13(20)21)11(10(16)12(18)19)17-9-3-2-6(14)4-8(9)15;1-2-3-4-5-6-7-8-9-10-11/h2-5,17H,1H3,(H,20,21);2-11H2,1H3. The maximum Gasteiger partial charge on any atom is 0.339 e. The predicted octanol–water partition coefficient (Wildman–Crippen LogP) is 5.84. The maximum absolute atomic E-state index is 14.0. The second-order valence-electron chi connectivity index (χ2n) is 7.47. The van der Waals surface area contributed by atoms with Crippen molar-refractivity contribution in [1.82, 2.24) is 4.57 Å². The number of carboxylic acid groups (broad SMARTS) is 1. The molecule has 0 radical (unpaired) electrons. The lowest BCUT2D eigenvalue weighted by Gasteiger charge is -2.12. The summed E-state index contributed by atoms with van der Waals surface area (Å²) in [6.45, 7) is 3.13. The molecule has 0 saturated carbocycles. The zero-order chi connectivity index (χ0) is 24.1. The Bertz CT molecular complexity index is 927. The molecular formula is C23H32ClF2N3O3. The number of nitrogens with one attached hydrogen (secondary N) is 1. The summed E-state index contributed by atoms with van der Waals surface area (Å²) in [6.07, 6.45) is 11.9. The molecule has 6 nitrogen and oxygen atoms in total. The van der Waals surface area contributed by atoms with Gasteiger partial charge in [0.05, 0.1) is 11.4 Å². The minimum absolute atomic E-state index is 0.126. The number of carbonyl (C=O) groups is 1. The van der Waals surface area contributed by atoms with Crippen molar-refractivity contribution in [3.63, 3.8) is 0 Å². The van der Waals surface area contributed by atoms with E-state index in [1.165, 1.54) is 70.5 Å². The van der Waals surface area contributed by atoms with Crippen LogP contribution in [0.25, 0.3) is 0 Å². The number of hydrogen-bond acceptors (Lipinski definition) is 4. The average Bonchev–Trinajstić information content (AvgIpc) is 2.75.